The van der Waals surface area contributed by atoms with Crippen LogP contribution in [0.1, 0.15) is 29.2 Å². The third kappa shape index (κ3) is 6.13. The second kappa shape index (κ2) is 10.3. The van der Waals surface area contributed by atoms with Crippen molar-refractivity contribution in [3.05, 3.63) is 98.8 Å². The Morgan fingerprint density at radius 1 is 1.06 bits per heavy atom. The molecule has 1 heterocycles. The molecule has 0 spiro atoms. The Balaban J connectivity index is 1.46. The van der Waals surface area contributed by atoms with Gasteiger partial charge >= 0.3 is 5.97 Å². The highest BCUT2D eigenvalue weighted by atomic mass is 35.5. The van der Waals surface area contributed by atoms with Gasteiger partial charge in [0.05, 0.1) is 11.4 Å². The first kappa shape index (κ1) is 25.0. The number of halogens is 3. The molecule has 1 atom stereocenters. The molecule has 3 aromatic rings. The van der Waals surface area contributed by atoms with Gasteiger partial charge in [-0.05, 0) is 53.4 Å². The van der Waals surface area contributed by atoms with Crippen LogP contribution < -0.4 is 4.74 Å². The van der Waals surface area contributed by atoms with Gasteiger partial charge in [0.2, 0.25) is 5.91 Å². The van der Waals surface area contributed by atoms with Crippen LogP contribution in [0.15, 0.2) is 60.7 Å². The number of benzene rings is 3. The predicted molar refractivity (Wildman–Crippen MR) is 133 cm³/mol. The van der Waals surface area contributed by atoms with Gasteiger partial charge in [-0.25, -0.2) is 4.39 Å². The van der Waals surface area contributed by atoms with Crippen LogP contribution in [0.25, 0.3) is 0 Å². The summed E-state index contributed by atoms with van der Waals surface area (Å²) in [7, 11) is 0. The van der Waals surface area contributed by atoms with Crippen LogP contribution in [0.4, 0.5) is 4.39 Å². The number of amides is 1. The van der Waals surface area contributed by atoms with E-state index in [0.29, 0.717) is 23.4 Å². The van der Waals surface area contributed by atoms with Crippen molar-refractivity contribution in [2.75, 3.05) is 6.54 Å². The summed E-state index contributed by atoms with van der Waals surface area (Å²) in [5, 5.41) is 9.87. The van der Waals surface area contributed by atoms with Crippen molar-refractivity contribution in [3.63, 3.8) is 0 Å². The fraction of sp³-hybridized carbons (Fsp3) is 0.259. The number of hydrogen-bond acceptors (Lipinski definition) is 3. The summed E-state index contributed by atoms with van der Waals surface area (Å²) in [5.41, 5.74) is 2.60. The number of carbonyl (C=O) groups excluding carboxylic acids is 1. The van der Waals surface area contributed by atoms with Gasteiger partial charge in [-0.2, -0.15) is 0 Å². The number of aliphatic carboxylic acids is 1. The summed E-state index contributed by atoms with van der Waals surface area (Å²) in [6.45, 7) is 1.64. The Morgan fingerprint density at radius 3 is 2.51 bits per heavy atom. The van der Waals surface area contributed by atoms with E-state index in [-0.39, 0.29) is 23.9 Å². The number of carbonyl (C=O) groups is 2. The number of carboxylic acid groups (broad SMARTS) is 1. The van der Waals surface area contributed by atoms with E-state index >= 15 is 0 Å². The van der Waals surface area contributed by atoms with Crippen LogP contribution in [0, 0.1) is 5.82 Å². The summed E-state index contributed by atoms with van der Waals surface area (Å²) < 4.78 is 20.0. The van der Waals surface area contributed by atoms with Crippen LogP contribution in [0.3, 0.4) is 0 Å². The fourth-order valence-corrected chi connectivity index (χ4v) is 4.69. The van der Waals surface area contributed by atoms with Gasteiger partial charge in [-0.1, -0.05) is 59.6 Å². The second-order valence-corrected chi connectivity index (χ2v) is 9.82. The maximum absolute atomic E-state index is 13.9. The van der Waals surface area contributed by atoms with Gasteiger partial charge in [-0.15, -0.1) is 0 Å². The van der Waals surface area contributed by atoms with Crippen molar-refractivity contribution >= 4 is 35.1 Å². The van der Waals surface area contributed by atoms with Crippen molar-refractivity contribution in [1.82, 2.24) is 4.90 Å². The monoisotopic (exact) mass is 515 g/mol. The van der Waals surface area contributed by atoms with E-state index < -0.39 is 23.9 Å². The third-order valence-corrected chi connectivity index (χ3v) is 6.64. The Hall–Kier alpha value is -3.09. The molecule has 0 saturated carbocycles. The molecule has 8 heteroatoms. The first-order valence-electron chi connectivity index (χ1n) is 11.1. The van der Waals surface area contributed by atoms with Crippen molar-refractivity contribution in [1.29, 1.82) is 0 Å². The molecule has 0 radical (unpaired) electrons. The highest BCUT2D eigenvalue weighted by molar-refractivity contribution is 6.31. The second-order valence-electron chi connectivity index (χ2n) is 9.01. The Morgan fingerprint density at radius 2 is 1.80 bits per heavy atom. The lowest BCUT2D eigenvalue weighted by atomic mass is 9.91. The number of rotatable bonds is 8. The average molecular weight is 516 g/mol. The minimum absolute atomic E-state index is 0.0458. The van der Waals surface area contributed by atoms with Crippen LogP contribution >= 0.6 is 23.2 Å². The molecule has 4 rings (SSSR count). The Labute approximate surface area is 213 Å². The quantitative estimate of drug-likeness (QED) is 0.416. The zero-order valence-electron chi connectivity index (χ0n) is 19.1. The molecular formula is C27H24Cl2FNO4. The lowest BCUT2D eigenvalue weighted by molar-refractivity contribution is -0.144. The van der Waals surface area contributed by atoms with E-state index in [1.807, 2.05) is 19.1 Å². The van der Waals surface area contributed by atoms with Crippen molar-refractivity contribution in [3.8, 4) is 5.75 Å². The summed E-state index contributed by atoms with van der Waals surface area (Å²) in [6, 6.07) is 17.3. The molecule has 0 saturated heterocycles. The maximum Gasteiger partial charge on any atom is 0.323 e. The third-order valence-electron chi connectivity index (χ3n) is 5.96. The lowest BCUT2D eigenvalue weighted by Crippen LogP contribution is -2.36. The zero-order chi connectivity index (χ0) is 25.2. The number of nitrogens with zero attached hydrogens (tertiary/aromatic N) is 1. The average Bonchev–Trinajstić information content (AvgIpc) is 3.12. The molecule has 0 aromatic heterocycles. The van der Waals surface area contributed by atoms with Crippen LogP contribution in [0.5, 0.6) is 5.75 Å². The molecule has 35 heavy (non-hydrogen) atoms. The highest BCUT2D eigenvalue weighted by Crippen LogP contribution is 2.38. The molecule has 0 fully saturated rings. The van der Waals surface area contributed by atoms with Gasteiger partial charge in [0.1, 0.15) is 23.7 Å². The molecule has 5 nitrogen and oxygen atoms in total. The van der Waals surface area contributed by atoms with E-state index in [2.05, 4.69) is 0 Å². The number of fused-ring (bicyclic) bond motifs is 1. The predicted octanol–water partition coefficient (Wildman–Crippen LogP) is 5.72. The van der Waals surface area contributed by atoms with E-state index in [9.17, 15) is 19.1 Å². The molecule has 3 aromatic carbocycles. The number of ether oxygens (including phenoxy) is 1. The largest absolute Gasteiger partial charge is 0.487 e. The molecule has 1 aliphatic rings. The smallest absolute Gasteiger partial charge is 0.323 e. The van der Waals surface area contributed by atoms with Crippen molar-refractivity contribution < 1.29 is 23.8 Å². The summed E-state index contributed by atoms with van der Waals surface area (Å²) in [4.78, 5) is 25.7. The topological polar surface area (TPSA) is 66.8 Å². The molecule has 0 aliphatic carbocycles. The van der Waals surface area contributed by atoms with Crippen LogP contribution in [-0.4, -0.2) is 34.0 Å². The van der Waals surface area contributed by atoms with E-state index in [1.165, 1.54) is 17.0 Å². The number of carboxylic acids is 1. The summed E-state index contributed by atoms with van der Waals surface area (Å²) >= 11 is 12.0. The van der Waals surface area contributed by atoms with Gasteiger partial charge in [0, 0.05) is 24.4 Å². The molecule has 1 unspecified atom stereocenters. The minimum Gasteiger partial charge on any atom is -0.487 e. The van der Waals surface area contributed by atoms with Gasteiger partial charge in [-0.3, -0.25) is 9.59 Å². The molecule has 182 valence electrons. The fourth-order valence-electron chi connectivity index (χ4n) is 4.38. The standard InChI is InChI=1S/C27H24Cl2FNO4/c1-27(13-18-6-8-22(29)23(30)11-18)14-20-10-17(7-9-24(20)35-27)12-25(32)31(16-26(33)34)15-19-4-2-3-5-21(19)28/h2-11H,12-16H2,1H3,(H,33,34). The molecule has 0 bridgehead atoms. The van der Waals surface area contributed by atoms with Crippen molar-refractivity contribution in [2.24, 2.45) is 0 Å². The first-order valence-corrected chi connectivity index (χ1v) is 11.9. The number of hydrogen-bond donors (Lipinski definition) is 1. The van der Waals surface area contributed by atoms with E-state index in [0.717, 1.165) is 22.4 Å². The lowest BCUT2D eigenvalue weighted by Gasteiger charge is -2.24. The Kier molecular flexibility index (Phi) is 7.33. The maximum atomic E-state index is 13.9. The van der Waals surface area contributed by atoms with E-state index in [1.54, 1.807) is 36.4 Å². The first-order chi connectivity index (χ1) is 16.6. The Bertz CT molecular complexity index is 1280. The molecule has 1 aliphatic heterocycles. The normalized spacial score (nSPS) is 16.5. The van der Waals surface area contributed by atoms with Gasteiger partial charge < -0.3 is 14.7 Å². The molecule has 1 N–H and O–H groups in total. The van der Waals surface area contributed by atoms with E-state index in [4.69, 9.17) is 27.9 Å². The van der Waals surface area contributed by atoms with Crippen LogP contribution in [-0.2, 0) is 35.4 Å². The van der Waals surface area contributed by atoms with Crippen LogP contribution in [0.2, 0.25) is 10.0 Å². The summed E-state index contributed by atoms with van der Waals surface area (Å²) in [6.07, 6.45) is 1.13. The van der Waals surface area contributed by atoms with Gasteiger partial charge in [0.15, 0.2) is 0 Å². The SMILES string of the molecule is CC1(Cc2ccc(Cl)c(F)c2)Cc2cc(CC(=O)N(CC(=O)O)Cc3ccccc3Cl)ccc2O1. The minimum atomic E-state index is -1.10. The van der Waals surface area contributed by atoms with Gasteiger partial charge in [0.25, 0.3) is 0 Å². The summed E-state index contributed by atoms with van der Waals surface area (Å²) in [5.74, 6) is -1.16. The van der Waals surface area contributed by atoms with Crippen molar-refractivity contribution in [2.45, 2.75) is 38.3 Å². The molecule has 1 amide bonds. The zero-order valence-corrected chi connectivity index (χ0v) is 20.6. The molecular weight excluding hydrogens is 492 g/mol. The highest BCUT2D eigenvalue weighted by Gasteiger charge is 2.35.